The molecule has 0 aromatic heterocycles. The standard InChI is InChI=1S/C24H19N3O6S/c1-3-19(28)26-27(14-8-6-7-13(2)11-14)17-12-18(34(31,32)33)22(25)21-20(17)23(29)15-9-4-5-10-16(15)24(21)30/h3-12H,1,25H2,2H3,(H,26,28)(H,31,32,33). The fraction of sp³-hybridized carbons (Fsp3) is 0.0417. The molecular formula is C24H19N3O6S. The number of nitrogens with two attached hydrogens (primary N) is 1. The summed E-state index contributed by atoms with van der Waals surface area (Å²) in [5.41, 5.74) is 8.53. The smallest absolute Gasteiger partial charge is 0.296 e. The average molecular weight is 477 g/mol. The Hall–Kier alpha value is -4.28. The molecule has 3 aromatic carbocycles. The van der Waals surface area contributed by atoms with E-state index in [0.717, 1.165) is 22.7 Å². The van der Waals surface area contributed by atoms with Gasteiger partial charge in [0.1, 0.15) is 4.90 Å². The number of anilines is 3. The van der Waals surface area contributed by atoms with Crippen LogP contribution in [0.1, 0.15) is 37.4 Å². The largest absolute Gasteiger partial charge is 0.397 e. The minimum absolute atomic E-state index is 0.0439. The molecule has 0 radical (unpaired) electrons. The number of fused-ring (bicyclic) bond motifs is 2. The van der Waals surface area contributed by atoms with Crippen molar-refractivity contribution in [3.63, 3.8) is 0 Å². The van der Waals surface area contributed by atoms with E-state index in [4.69, 9.17) is 5.73 Å². The van der Waals surface area contributed by atoms with Crippen LogP contribution in [-0.4, -0.2) is 30.4 Å². The summed E-state index contributed by atoms with van der Waals surface area (Å²) in [6.07, 6.45) is 0.985. The Morgan fingerprint density at radius 2 is 1.65 bits per heavy atom. The van der Waals surface area contributed by atoms with Crippen LogP contribution in [0.5, 0.6) is 0 Å². The van der Waals surface area contributed by atoms with Gasteiger partial charge < -0.3 is 5.73 Å². The number of amides is 1. The number of hydrazine groups is 1. The van der Waals surface area contributed by atoms with Crippen molar-refractivity contribution in [2.45, 2.75) is 11.8 Å². The molecule has 1 amide bonds. The summed E-state index contributed by atoms with van der Waals surface area (Å²) in [6, 6.07) is 13.7. The molecule has 0 saturated carbocycles. The second kappa shape index (κ2) is 8.25. The second-order valence-electron chi connectivity index (χ2n) is 7.59. The molecule has 10 heteroatoms. The minimum atomic E-state index is -4.91. The summed E-state index contributed by atoms with van der Waals surface area (Å²) in [7, 11) is -4.91. The monoisotopic (exact) mass is 477 g/mol. The lowest BCUT2D eigenvalue weighted by atomic mass is 9.82. The van der Waals surface area contributed by atoms with Crippen LogP contribution in [0.15, 0.2) is 72.1 Å². The van der Waals surface area contributed by atoms with Gasteiger partial charge in [0, 0.05) is 11.1 Å². The second-order valence-corrected chi connectivity index (χ2v) is 8.98. The molecule has 0 heterocycles. The van der Waals surface area contributed by atoms with Gasteiger partial charge in [-0.05, 0) is 36.8 Å². The van der Waals surface area contributed by atoms with Crippen LogP contribution in [0.25, 0.3) is 0 Å². The number of hydrogen-bond acceptors (Lipinski definition) is 7. The third-order valence-electron chi connectivity index (χ3n) is 5.37. The maximum absolute atomic E-state index is 13.6. The van der Waals surface area contributed by atoms with E-state index in [1.54, 1.807) is 43.3 Å². The van der Waals surface area contributed by atoms with Gasteiger partial charge >= 0.3 is 0 Å². The van der Waals surface area contributed by atoms with Crippen LogP contribution in [0.4, 0.5) is 17.1 Å². The Kier molecular flexibility index (Phi) is 5.56. The molecule has 0 atom stereocenters. The van der Waals surface area contributed by atoms with Crippen LogP contribution in [0, 0.1) is 6.92 Å². The van der Waals surface area contributed by atoms with Crippen molar-refractivity contribution in [3.05, 3.63) is 95.1 Å². The lowest BCUT2D eigenvalue weighted by molar-refractivity contribution is -0.116. The van der Waals surface area contributed by atoms with Gasteiger partial charge in [0.2, 0.25) is 0 Å². The van der Waals surface area contributed by atoms with Crippen molar-refractivity contribution >= 4 is 44.7 Å². The van der Waals surface area contributed by atoms with E-state index in [9.17, 15) is 27.4 Å². The highest BCUT2D eigenvalue weighted by Crippen LogP contribution is 2.41. The van der Waals surface area contributed by atoms with Gasteiger partial charge in [0.25, 0.3) is 16.0 Å². The van der Waals surface area contributed by atoms with Gasteiger partial charge in [-0.1, -0.05) is 43.0 Å². The lowest BCUT2D eigenvalue weighted by Crippen LogP contribution is -2.40. The van der Waals surface area contributed by atoms with E-state index in [-0.39, 0.29) is 27.9 Å². The number of carbonyl (C=O) groups is 3. The van der Waals surface area contributed by atoms with Crippen molar-refractivity contribution in [2.24, 2.45) is 0 Å². The number of benzene rings is 3. The summed E-state index contributed by atoms with van der Waals surface area (Å²) >= 11 is 0. The number of hydrogen-bond donors (Lipinski definition) is 3. The number of rotatable bonds is 5. The Balaban J connectivity index is 2.13. The number of nitrogen functional groups attached to an aromatic ring is 1. The zero-order chi connectivity index (χ0) is 24.8. The Bertz CT molecular complexity index is 1510. The van der Waals surface area contributed by atoms with Gasteiger partial charge in [-0.25, -0.2) is 0 Å². The van der Waals surface area contributed by atoms with Crippen LogP contribution in [-0.2, 0) is 14.9 Å². The van der Waals surface area contributed by atoms with Crippen molar-refractivity contribution in [1.29, 1.82) is 0 Å². The van der Waals surface area contributed by atoms with Gasteiger partial charge in [-0.15, -0.1) is 0 Å². The average Bonchev–Trinajstić information content (AvgIpc) is 2.80. The third kappa shape index (κ3) is 3.74. The Morgan fingerprint density at radius 3 is 2.21 bits per heavy atom. The number of ketones is 2. The highest BCUT2D eigenvalue weighted by atomic mass is 32.2. The van der Waals surface area contributed by atoms with Crippen molar-refractivity contribution in [1.82, 2.24) is 5.43 Å². The molecule has 0 unspecified atom stereocenters. The molecule has 172 valence electrons. The molecule has 3 aromatic rings. The summed E-state index contributed by atoms with van der Waals surface area (Å²) < 4.78 is 34.2. The van der Waals surface area contributed by atoms with E-state index in [1.165, 1.54) is 12.1 Å². The highest BCUT2D eigenvalue weighted by Gasteiger charge is 2.38. The topological polar surface area (TPSA) is 147 Å². The van der Waals surface area contributed by atoms with Crippen molar-refractivity contribution in [2.75, 3.05) is 10.7 Å². The molecule has 4 rings (SSSR count). The third-order valence-corrected chi connectivity index (χ3v) is 6.26. The lowest BCUT2D eigenvalue weighted by Gasteiger charge is -2.30. The first kappa shape index (κ1) is 22.9. The van der Waals surface area contributed by atoms with Crippen molar-refractivity contribution in [3.8, 4) is 0 Å². The summed E-state index contributed by atoms with van der Waals surface area (Å²) in [4.78, 5) is 38.5. The first-order valence-corrected chi connectivity index (χ1v) is 11.4. The molecule has 1 aliphatic rings. The first-order valence-electron chi connectivity index (χ1n) is 9.96. The van der Waals surface area contributed by atoms with E-state index in [0.29, 0.717) is 5.69 Å². The predicted octanol–water partition coefficient (Wildman–Crippen LogP) is 2.95. The Labute approximate surface area is 195 Å². The number of nitrogens with zero attached hydrogens (tertiary/aromatic N) is 1. The fourth-order valence-corrected chi connectivity index (χ4v) is 4.49. The molecule has 4 N–H and O–H groups in total. The van der Waals surface area contributed by atoms with Crippen LogP contribution in [0.3, 0.4) is 0 Å². The first-order chi connectivity index (χ1) is 16.0. The molecule has 0 aliphatic heterocycles. The van der Waals surface area contributed by atoms with Crippen LogP contribution >= 0.6 is 0 Å². The molecule has 0 saturated heterocycles. The molecule has 0 bridgehead atoms. The number of aryl methyl sites for hydroxylation is 1. The Morgan fingerprint density at radius 1 is 1.03 bits per heavy atom. The zero-order valence-electron chi connectivity index (χ0n) is 17.9. The highest BCUT2D eigenvalue weighted by molar-refractivity contribution is 7.86. The normalized spacial score (nSPS) is 12.5. The number of carbonyl (C=O) groups excluding carboxylic acids is 3. The number of nitrogens with one attached hydrogen (secondary N) is 1. The van der Waals surface area contributed by atoms with E-state index in [2.05, 4.69) is 12.0 Å². The summed E-state index contributed by atoms with van der Waals surface area (Å²) in [5, 5.41) is 1.16. The predicted molar refractivity (Wildman–Crippen MR) is 126 cm³/mol. The van der Waals surface area contributed by atoms with E-state index >= 15 is 0 Å². The van der Waals surface area contributed by atoms with Gasteiger partial charge in [-0.3, -0.25) is 29.4 Å². The quantitative estimate of drug-likeness (QED) is 0.172. The maximum Gasteiger partial charge on any atom is 0.296 e. The summed E-state index contributed by atoms with van der Waals surface area (Å²) in [5.74, 6) is -1.96. The van der Waals surface area contributed by atoms with E-state index in [1.807, 2.05) is 0 Å². The molecule has 9 nitrogen and oxygen atoms in total. The van der Waals surface area contributed by atoms with Crippen LogP contribution in [0.2, 0.25) is 0 Å². The van der Waals surface area contributed by atoms with E-state index < -0.39 is 38.2 Å². The van der Waals surface area contributed by atoms with Crippen molar-refractivity contribution < 1.29 is 27.4 Å². The summed E-state index contributed by atoms with van der Waals surface area (Å²) in [6.45, 7) is 5.21. The molecule has 1 aliphatic carbocycles. The van der Waals surface area contributed by atoms with Gasteiger partial charge in [0.05, 0.1) is 28.2 Å². The molecule has 0 fully saturated rings. The molecular weight excluding hydrogens is 458 g/mol. The zero-order valence-corrected chi connectivity index (χ0v) is 18.7. The molecule has 34 heavy (non-hydrogen) atoms. The molecule has 0 spiro atoms. The maximum atomic E-state index is 13.6. The van der Waals surface area contributed by atoms with Gasteiger partial charge in [-0.2, -0.15) is 8.42 Å². The minimum Gasteiger partial charge on any atom is -0.397 e. The fourth-order valence-electron chi connectivity index (χ4n) is 3.85. The van der Waals surface area contributed by atoms with Crippen LogP contribution < -0.4 is 16.2 Å². The SMILES string of the molecule is C=CC(=O)NN(c1cccc(C)c1)c1cc(S(=O)(=O)O)c(N)c2c1C(=O)c1ccccc1C2=O. The van der Waals surface area contributed by atoms with Gasteiger partial charge in [0.15, 0.2) is 11.6 Å².